The first-order chi connectivity index (χ1) is 12.4. The molecule has 7 nitrogen and oxygen atoms in total. The summed E-state index contributed by atoms with van der Waals surface area (Å²) < 4.78 is 2.01. The maximum absolute atomic E-state index is 4.34. The Morgan fingerprint density at radius 1 is 0.840 bits per heavy atom. The van der Waals surface area contributed by atoms with Crippen molar-refractivity contribution in [2.45, 2.75) is 19.4 Å². The summed E-state index contributed by atoms with van der Waals surface area (Å²) >= 11 is 0. The molecule has 0 radical (unpaired) electrons. The highest BCUT2D eigenvalue weighted by atomic mass is 15.4. The van der Waals surface area contributed by atoms with Crippen molar-refractivity contribution in [3.8, 4) is 0 Å². The fourth-order valence-corrected chi connectivity index (χ4v) is 3.31. The van der Waals surface area contributed by atoms with Crippen molar-refractivity contribution in [1.29, 1.82) is 0 Å². The zero-order chi connectivity index (χ0) is 16.9. The molecule has 0 aliphatic carbocycles. The fourth-order valence-electron chi connectivity index (χ4n) is 3.31. The average molecular weight is 337 g/mol. The lowest BCUT2D eigenvalue weighted by Crippen LogP contribution is -2.47. The van der Waals surface area contributed by atoms with Gasteiger partial charge in [0.05, 0.1) is 5.52 Å². The minimum atomic E-state index is 0.847. The number of nitrogens with zero attached hydrogens (tertiary/aromatic N) is 7. The molecule has 1 aliphatic heterocycles. The Kier molecular flexibility index (Phi) is 4.83. The number of hydrogen-bond donors (Lipinski definition) is 0. The van der Waals surface area contributed by atoms with Crippen molar-refractivity contribution in [1.82, 2.24) is 29.9 Å². The number of fused-ring (bicyclic) bond motifs is 1. The highest BCUT2D eigenvalue weighted by Crippen LogP contribution is 2.12. The van der Waals surface area contributed by atoms with Crippen LogP contribution in [0.15, 0.2) is 42.7 Å². The van der Waals surface area contributed by atoms with Crippen molar-refractivity contribution in [2.75, 3.05) is 37.6 Å². The van der Waals surface area contributed by atoms with Crippen molar-refractivity contribution in [3.63, 3.8) is 0 Å². The predicted molar refractivity (Wildman–Crippen MR) is 97.4 cm³/mol. The van der Waals surface area contributed by atoms with Gasteiger partial charge in [0.25, 0.3) is 0 Å². The van der Waals surface area contributed by atoms with Gasteiger partial charge >= 0.3 is 0 Å². The van der Waals surface area contributed by atoms with Gasteiger partial charge in [-0.05, 0) is 37.6 Å². The van der Waals surface area contributed by atoms with Gasteiger partial charge in [0, 0.05) is 45.1 Å². The second kappa shape index (κ2) is 7.57. The molecule has 3 heterocycles. The number of anilines is 1. The fraction of sp³-hybridized carbons (Fsp3) is 0.444. The van der Waals surface area contributed by atoms with E-state index in [0.717, 1.165) is 62.7 Å². The van der Waals surface area contributed by atoms with E-state index in [9.17, 15) is 0 Å². The van der Waals surface area contributed by atoms with E-state index in [1.165, 1.54) is 6.42 Å². The molecular weight excluding hydrogens is 314 g/mol. The van der Waals surface area contributed by atoms with Gasteiger partial charge in [-0.3, -0.25) is 4.90 Å². The third-order valence-corrected chi connectivity index (χ3v) is 4.72. The first-order valence-corrected chi connectivity index (χ1v) is 8.93. The van der Waals surface area contributed by atoms with Crippen LogP contribution in [0.4, 0.5) is 5.95 Å². The molecular formula is C18H23N7. The average Bonchev–Trinajstić information content (AvgIpc) is 3.10. The van der Waals surface area contributed by atoms with E-state index in [1.807, 2.05) is 41.3 Å². The Bertz CT molecular complexity index is 793. The minimum Gasteiger partial charge on any atom is -0.338 e. The first-order valence-electron chi connectivity index (χ1n) is 8.93. The van der Waals surface area contributed by atoms with E-state index in [4.69, 9.17) is 0 Å². The van der Waals surface area contributed by atoms with E-state index in [2.05, 4.69) is 36.1 Å². The van der Waals surface area contributed by atoms with Crippen LogP contribution < -0.4 is 4.90 Å². The molecule has 7 heteroatoms. The summed E-state index contributed by atoms with van der Waals surface area (Å²) in [6.45, 7) is 6.21. The van der Waals surface area contributed by atoms with E-state index >= 15 is 0 Å². The van der Waals surface area contributed by atoms with E-state index in [1.54, 1.807) is 0 Å². The number of para-hydroxylation sites is 1. The van der Waals surface area contributed by atoms with Gasteiger partial charge in [-0.15, -0.1) is 5.10 Å². The molecule has 0 unspecified atom stereocenters. The standard InChI is InChI=1S/C18H23N7/c1-2-7-17-16(6-1)21-22-25(17)11-4-3-10-23-12-14-24(15-13-23)18-19-8-5-9-20-18/h1-2,5-9H,3-4,10-15H2. The first kappa shape index (κ1) is 16.0. The number of aryl methyl sites for hydroxylation is 1. The Hall–Kier alpha value is -2.54. The summed E-state index contributed by atoms with van der Waals surface area (Å²) in [7, 11) is 0. The number of unbranched alkanes of at least 4 members (excludes halogenated alkanes) is 1. The molecule has 0 atom stereocenters. The lowest BCUT2D eigenvalue weighted by atomic mass is 10.2. The molecule has 0 bridgehead atoms. The number of hydrogen-bond acceptors (Lipinski definition) is 6. The van der Waals surface area contributed by atoms with Gasteiger partial charge in [-0.25, -0.2) is 14.6 Å². The molecule has 130 valence electrons. The Morgan fingerprint density at radius 3 is 2.44 bits per heavy atom. The maximum Gasteiger partial charge on any atom is 0.225 e. The predicted octanol–water partition coefficient (Wildman–Crippen LogP) is 1.82. The van der Waals surface area contributed by atoms with Crippen LogP contribution in [0.25, 0.3) is 11.0 Å². The molecule has 0 N–H and O–H groups in total. The molecule has 3 aromatic rings. The third-order valence-electron chi connectivity index (χ3n) is 4.72. The van der Waals surface area contributed by atoms with Crippen LogP contribution >= 0.6 is 0 Å². The Labute approximate surface area is 147 Å². The van der Waals surface area contributed by atoms with Crippen molar-refractivity contribution in [3.05, 3.63) is 42.7 Å². The molecule has 4 rings (SSSR count). The van der Waals surface area contributed by atoms with Gasteiger partial charge in [-0.2, -0.15) is 0 Å². The van der Waals surface area contributed by atoms with Crippen molar-refractivity contribution in [2.24, 2.45) is 0 Å². The van der Waals surface area contributed by atoms with E-state index in [-0.39, 0.29) is 0 Å². The Morgan fingerprint density at radius 2 is 1.60 bits per heavy atom. The van der Waals surface area contributed by atoms with Crippen LogP contribution in [-0.4, -0.2) is 62.6 Å². The van der Waals surface area contributed by atoms with E-state index < -0.39 is 0 Å². The third kappa shape index (κ3) is 3.76. The molecule has 0 spiro atoms. The van der Waals surface area contributed by atoms with Crippen LogP contribution in [-0.2, 0) is 6.54 Å². The van der Waals surface area contributed by atoms with Gasteiger partial charge in [0.2, 0.25) is 5.95 Å². The molecule has 1 aromatic carbocycles. The topological polar surface area (TPSA) is 63.0 Å². The summed E-state index contributed by atoms with van der Waals surface area (Å²) in [5.74, 6) is 0.847. The van der Waals surface area contributed by atoms with Crippen LogP contribution in [0.5, 0.6) is 0 Å². The lowest BCUT2D eigenvalue weighted by Gasteiger charge is -2.34. The van der Waals surface area contributed by atoms with Gasteiger partial charge in [-0.1, -0.05) is 17.3 Å². The summed E-state index contributed by atoms with van der Waals surface area (Å²) in [5.41, 5.74) is 2.10. The number of piperazine rings is 1. The molecule has 1 fully saturated rings. The largest absolute Gasteiger partial charge is 0.338 e. The smallest absolute Gasteiger partial charge is 0.225 e. The molecule has 1 saturated heterocycles. The second-order valence-corrected chi connectivity index (χ2v) is 6.39. The van der Waals surface area contributed by atoms with Gasteiger partial charge < -0.3 is 4.90 Å². The zero-order valence-corrected chi connectivity index (χ0v) is 14.3. The zero-order valence-electron chi connectivity index (χ0n) is 14.3. The van der Waals surface area contributed by atoms with Crippen LogP contribution in [0.2, 0.25) is 0 Å². The molecule has 2 aromatic heterocycles. The summed E-state index contributed by atoms with van der Waals surface area (Å²) in [6.07, 6.45) is 5.91. The van der Waals surface area contributed by atoms with Gasteiger partial charge in [0.1, 0.15) is 5.52 Å². The molecule has 25 heavy (non-hydrogen) atoms. The molecule has 0 saturated carbocycles. The number of rotatable bonds is 6. The number of aromatic nitrogens is 5. The summed E-state index contributed by atoms with van der Waals surface area (Å²) in [6, 6.07) is 9.99. The summed E-state index contributed by atoms with van der Waals surface area (Å²) in [5, 5.41) is 8.47. The maximum atomic E-state index is 4.34. The highest BCUT2D eigenvalue weighted by molar-refractivity contribution is 5.73. The van der Waals surface area contributed by atoms with Crippen LogP contribution in [0.3, 0.4) is 0 Å². The SMILES string of the molecule is c1cnc(N2CCN(CCCCn3nnc4ccccc43)CC2)nc1. The van der Waals surface area contributed by atoms with Crippen LogP contribution in [0, 0.1) is 0 Å². The summed E-state index contributed by atoms with van der Waals surface area (Å²) in [4.78, 5) is 13.5. The second-order valence-electron chi connectivity index (χ2n) is 6.39. The monoisotopic (exact) mass is 337 g/mol. The normalized spacial score (nSPS) is 15.8. The van der Waals surface area contributed by atoms with E-state index in [0.29, 0.717) is 0 Å². The van der Waals surface area contributed by atoms with Crippen LogP contribution in [0.1, 0.15) is 12.8 Å². The highest BCUT2D eigenvalue weighted by Gasteiger charge is 2.18. The molecule has 0 amide bonds. The van der Waals surface area contributed by atoms with Crippen molar-refractivity contribution >= 4 is 17.0 Å². The minimum absolute atomic E-state index is 0.847. The quantitative estimate of drug-likeness (QED) is 0.640. The lowest BCUT2D eigenvalue weighted by molar-refractivity contribution is 0.250. The van der Waals surface area contributed by atoms with Gasteiger partial charge in [0.15, 0.2) is 0 Å². The van der Waals surface area contributed by atoms with Crippen molar-refractivity contribution < 1.29 is 0 Å². The molecule has 1 aliphatic rings. The Balaban J connectivity index is 1.20. The number of benzene rings is 1.